The van der Waals surface area contributed by atoms with Crippen molar-refractivity contribution >= 4 is 5.97 Å². The van der Waals surface area contributed by atoms with E-state index in [1.807, 2.05) is 0 Å². The molecule has 0 heterocycles. The fourth-order valence-corrected chi connectivity index (χ4v) is 0.870. The topological polar surface area (TPSA) is 159 Å². The minimum atomic E-state index is -2.29. The zero-order valence-electron chi connectivity index (χ0n) is 7.63. The van der Waals surface area contributed by atoms with E-state index in [4.69, 9.17) is 35.7 Å². The zero-order valence-corrected chi connectivity index (χ0v) is 7.63. The number of hydrogen-bond acceptors (Lipinski definition) is 7. The van der Waals surface area contributed by atoms with E-state index < -0.39 is 43.1 Å². The monoisotopic (exact) mass is 226 g/mol. The first-order valence-electron chi connectivity index (χ1n) is 4.07. The summed E-state index contributed by atoms with van der Waals surface area (Å²) >= 11 is 0. The molecule has 0 fully saturated rings. The molecule has 8 nitrogen and oxygen atoms in total. The second-order valence-corrected chi connectivity index (χ2v) is 3.00. The number of carboxylic acid groups (broad SMARTS) is 1. The normalized spacial score (nSPS) is 21.5. The third-order valence-electron chi connectivity index (χ3n) is 1.86. The smallest absolute Gasteiger partial charge is 0.335 e. The van der Waals surface area contributed by atoms with Gasteiger partial charge in [-0.3, -0.25) is 0 Å². The summed E-state index contributed by atoms with van der Waals surface area (Å²) in [6.07, 6.45) is -10.2. The third kappa shape index (κ3) is 3.70. The van der Waals surface area contributed by atoms with E-state index in [0.717, 1.165) is 0 Å². The van der Waals surface area contributed by atoms with Crippen molar-refractivity contribution in [1.29, 1.82) is 0 Å². The molecule has 0 aromatic rings. The molecule has 0 saturated heterocycles. The summed E-state index contributed by atoms with van der Waals surface area (Å²) in [5.74, 6) is -1.78. The van der Waals surface area contributed by atoms with Crippen molar-refractivity contribution in [3.05, 3.63) is 0 Å². The van der Waals surface area contributed by atoms with E-state index in [9.17, 15) is 4.79 Å². The molecule has 0 saturated carbocycles. The SMILES string of the molecule is O=C(O)[C@H](O)[C@H](O)[C@@H](O)[C@@H](O)[C@H](O)CO. The maximum Gasteiger partial charge on any atom is 0.335 e. The minimum Gasteiger partial charge on any atom is -0.479 e. The van der Waals surface area contributed by atoms with Crippen molar-refractivity contribution in [1.82, 2.24) is 0 Å². The number of aliphatic hydroxyl groups excluding tert-OH is 6. The lowest BCUT2D eigenvalue weighted by atomic mass is 9.99. The van der Waals surface area contributed by atoms with Gasteiger partial charge in [-0.2, -0.15) is 0 Å². The second-order valence-electron chi connectivity index (χ2n) is 3.00. The summed E-state index contributed by atoms with van der Waals surface area (Å²) in [6.45, 7) is -0.881. The van der Waals surface area contributed by atoms with Gasteiger partial charge in [-0.15, -0.1) is 0 Å². The fraction of sp³-hybridized carbons (Fsp3) is 0.857. The van der Waals surface area contributed by atoms with Crippen LogP contribution >= 0.6 is 0 Å². The molecular weight excluding hydrogens is 212 g/mol. The van der Waals surface area contributed by atoms with Gasteiger partial charge in [-0.1, -0.05) is 0 Å². The van der Waals surface area contributed by atoms with Crippen molar-refractivity contribution in [2.45, 2.75) is 30.5 Å². The van der Waals surface area contributed by atoms with Crippen molar-refractivity contribution in [2.24, 2.45) is 0 Å². The molecular formula is C7H14O8. The first kappa shape index (κ1) is 14.2. The highest BCUT2D eigenvalue weighted by Gasteiger charge is 2.36. The van der Waals surface area contributed by atoms with E-state index in [-0.39, 0.29) is 0 Å². The summed E-state index contributed by atoms with van der Waals surface area (Å²) in [6, 6.07) is 0. The molecule has 0 bridgehead atoms. The van der Waals surface area contributed by atoms with Crippen molar-refractivity contribution in [3.63, 3.8) is 0 Å². The molecule has 8 heteroatoms. The summed E-state index contributed by atoms with van der Waals surface area (Å²) in [4.78, 5) is 10.2. The lowest BCUT2D eigenvalue weighted by Crippen LogP contribution is -2.51. The van der Waals surface area contributed by atoms with Crippen LogP contribution in [0.3, 0.4) is 0 Å². The molecule has 0 radical (unpaired) electrons. The average molecular weight is 226 g/mol. The Bertz CT molecular complexity index is 207. The van der Waals surface area contributed by atoms with Crippen LogP contribution in [0.15, 0.2) is 0 Å². The van der Waals surface area contributed by atoms with Gasteiger partial charge in [-0.25, -0.2) is 4.79 Å². The van der Waals surface area contributed by atoms with Crippen LogP contribution in [0.4, 0.5) is 0 Å². The number of rotatable bonds is 6. The standard InChI is InChI=1S/C7H14O8/c8-1-2(9)3(10)4(11)5(12)6(13)7(14)15/h2-6,8-13H,1H2,(H,14,15)/t2-,3+,4+,5-,6-/m1/s1. The van der Waals surface area contributed by atoms with Gasteiger partial charge in [0.2, 0.25) is 0 Å². The first-order valence-corrected chi connectivity index (χ1v) is 4.07. The van der Waals surface area contributed by atoms with Crippen molar-refractivity contribution < 1.29 is 40.5 Å². The van der Waals surface area contributed by atoms with Crippen LogP contribution in [0, 0.1) is 0 Å². The molecule has 0 aromatic heterocycles. The molecule has 0 amide bonds. The maximum absolute atomic E-state index is 10.2. The second kappa shape index (κ2) is 5.95. The van der Waals surface area contributed by atoms with E-state index in [1.165, 1.54) is 0 Å². The van der Waals surface area contributed by atoms with Gasteiger partial charge in [0.1, 0.15) is 24.4 Å². The Labute approximate surface area is 84.7 Å². The molecule has 7 N–H and O–H groups in total. The van der Waals surface area contributed by atoms with E-state index in [0.29, 0.717) is 0 Å². The van der Waals surface area contributed by atoms with Crippen LogP contribution in [0.1, 0.15) is 0 Å². The van der Waals surface area contributed by atoms with E-state index in [1.54, 1.807) is 0 Å². The Kier molecular flexibility index (Phi) is 5.65. The summed E-state index contributed by atoms with van der Waals surface area (Å²) in [5.41, 5.74) is 0. The molecule has 90 valence electrons. The van der Waals surface area contributed by atoms with Gasteiger partial charge in [0.25, 0.3) is 0 Å². The number of carbonyl (C=O) groups is 1. The number of hydrogen-bond donors (Lipinski definition) is 7. The highest BCUT2D eigenvalue weighted by Crippen LogP contribution is 2.08. The Hall–Kier alpha value is -0.770. The molecule has 0 aliphatic heterocycles. The minimum absolute atomic E-state index is 0.881. The molecule has 0 unspecified atom stereocenters. The average Bonchev–Trinajstić information content (AvgIpc) is 2.23. The molecule has 0 spiro atoms. The Morgan fingerprint density at radius 1 is 0.933 bits per heavy atom. The summed E-state index contributed by atoms with van der Waals surface area (Å²) < 4.78 is 0. The Morgan fingerprint density at radius 2 is 1.40 bits per heavy atom. The Morgan fingerprint density at radius 3 is 1.73 bits per heavy atom. The van der Waals surface area contributed by atoms with Crippen LogP contribution in [0.2, 0.25) is 0 Å². The van der Waals surface area contributed by atoms with Gasteiger partial charge in [0, 0.05) is 0 Å². The van der Waals surface area contributed by atoms with Crippen LogP contribution in [0.5, 0.6) is 0 Å². The number of aliphatic carboxylic acids is 1. The molecule has 0 aliphatic carbocycles. The first-order chi connectivity index (χ1) is 6.82. The summed E-state index contributed by atoms with van der Waals surface area (Å²) in [7, 11) is 0. The third-order valence-corrected chi connectivity index (χ3v) is 1.86. The lowest BCUT2D eigenvalue weighted by molar-refractivity contribution is -0.169. The van der Waals surface area contributed by atoms with Gasteiger partial charge < -0.3 is 35.7 Å². The summed E-state index contributed by atoms with van der Waals surface area (Å²) in [5, 5.41) is 61.5. The molecule has 0 rings (SSSR count). The highest BCUT2D eigenvalue weighted by molar-refractivity contribution is 5.72. The maximum atomic E-state index is 10.2. The predicted octanol–water partition coefficient (Wildman–Crippen LogP) is -4.13. The lowest BCUT2D eigenvalue weighted by Gasteiger charge is -2.26. The largest absolute Gasteiger partial charge is 0.479 e. The van der Waals surface area contributed by atoms with Crippen LogP contribution in [-0.4, -0.2) is 78.8 Å². The Balaban J connectivity index is 4.42. The van der Waals surface area contributed by atoms with Crippen molar-refractivity contribution in [3.8, 4) is 0 Å². The number of carboxylic acids is 1. The van der Waals surface area contributed by atoms with Crippen LogP contribution < -0.4 is 0 Å². The molecule has 0 aromatic carbocycles. The quantitative estimate of drug-likeness (QED) is 0.240. The highest BCUT2D eigenvalue weighted by atomic mass is 16.4. The van der Waals surface area contributed by atoms with E-state index in [2.05, 4.69) is 0 Å². The zero-order chi connectivity index (χ0) is 12.2. The van der Waals surface area contributed by atoms with Gasteiger partial charge in [0.15, 0.2) is 6.10 Å². The van der Waals surface area contributed by atoms with Crippen molar-refractivity contribution in [2.75, 3.05) is 6.61 Å². The van der Waals surface area contributed by atoms with Gasteiger partial charge >= 0.3 is 5.97 Å². The fourth-order valence-electron chi connectivity index (χ4n) is 0.870. The van der Waals surface area contributed by atoms with Gasteiger partial charge in [-0.05, 0) is 0 Å². The van der Waals surface area contributed by atoms with Crippen LogP contribution in [-0.2, 0) is 4.79 Å². The predicted molar refractivity (Wildman–Crippen MR) is 44.8 cm³/mol. The van der Waals surface area contributed by atoms with Crippen LogP contribution in [0.25, 0.3) is 0 Å². The molecule has 5 atom stereocenters. The molecule has 0 aliphatic rings. The number of aliphatic hydroxyl groups is 6. The van der Waals surface area contributed by atoms with Gasteiger partial charge in [0.05, 0.1) is 6.61 Å². The van der Waals surface area contributed by atoms with E-state index >= 15 is 0 Å². The molecule has 15 heavy (non-hydrogen) atoms.